The van der Waals surface area contributed by atoms with Crippen molar-refractivity contribution in [2.75, 3.05) is 31.2 Å². The zero-order chi connectivity index (χ0) is 28.0. The normalized spacial score (nSPS) is 21.2. The third-order valence-electron chi connectivity index (χ3n) is 6.43. The molecule has 2 saturated heterocycles. The third kappa shape index (κ3) is 5.79. The minimum absolute atomic E-state index is 0.0417. The van der Waals surface area contributed by atoms with E-state index in [1.807, 2.05) is 0 Å². The molecule has 4 rings (SSSR count). The Morgan fingerprint density at radius 1 is 0.816 bits per heavy atom. The molecule has 2 aromatic rings. The number of ether oxygens (including phenoxy) is 2. The average molecular weight is 556 g/mol. The molecule has 38 heavy (non-hydrogen) atoms. The van der Waals surface area contributed by atoms with Gasteiger partial charge < -0.3 is 14.4 Å². The van der Waals surface area contributed by atoms with Gasteiger partial charge in [-0.15, -0.1) is 0 Å². The number of benzene rings is 2. The fraction of sp³-hybridized carbons (Fsp3) is 0.458. The Hall–Kier alpha value is -3.16. The number of anilines is 1. The minimum Gasteiger partial charge on any atom is -0.439 e. The Labute approximate surface area is 210 Å². The van der Waals surface area contributed by atoms with E-state index in [4.69, 9.17) is 9.47 Å². The zero-order valence-corrected chi connectivity index (χ0v) is 19.7. The third-order valence-corrected chi connectivity index (χ3v) is 6.43. The fourth-order valence-corrected chi connectivity index (χ4v) is 4.49. The lowest BCUT2D eigenvalue weighted by Crippen LogP contribution is -2.38. The summed E-state index contributed by atoms with van der Waals surface area (Å²) in [4.78, 5) is 15.5. The van der Waals surface area contributed by atoms with Crippen molar-refractivity contribution in [1.29, 1.82) is 0 Å². The van der Waals surface area contributed by atoms with Gasteiger partial charge in [0.05, 0.1) is 42.5 Å². The van der Waals surface area contributed by atoms with Crippen LogP contribution in [0.5, 0.6) is 0 Å². The lowest BCUT2D eigenvalue weighted by Gasteiger charge is -2.32. The molecule has 2 heterocycles. The monoisotopic (exact) mass is 556 g/mol. The molecule has 0 aromatic heterocycles. The Morgan fingerprint density at radius 2 is 1.37 bits per heavy atom. The summed E-state index contributed by atoms with van der Waals surface area (Å²) in [7, 11) is 0. The Morgan fingerprint density at radius 3 is 1.89 bits per heavy atom. The Balaban J connectivity index is 1.69. The van der Waals surface area contributed by atoms with Gasteiger partial charge in [0.1, 0.15) is 6.10 Å². The molecule has 0 saturated carbocycles. The first-order valence-electron chi connectivity index (χ1n) is 11.3. The zero-order valence-electron chi connectivity index (χ0n) is 19.7. The number of alkyl halides is 9. The van der Waals surface area contributed by atoms with E-state index in [1.165, 1.54) is 13.0 Å². The van der Waals surface area contributed by atoms with Crippen molar-refractivity contribution in [3.8, 4) is 0 Å². The van der Waals surface area contributed by atoms with Crippen molar-refractivity contribution in [3.05, 3.63) is 64.2 Å². The molecule has 5 nitrogen and oxygen atoms in total. The largest absolute Gasteiger partial charge is 0.439 e. The molecule has 0 unspecified atom stereocenters. The number of carbonyl (C=O) groups is 1. The van der Waals surface area contributed by atoms with Gasteiger partial charge in [0.15, 0.2) is 0 Å². The molecule has 14 heteroatoms. The van der Waals surface area contributed by atoms with Crippen LogP contribution in [0.25, 0.3) is 0 Å². The molecule has 0 aliphatic carbocycles. The molecule has 1 amide bonds. The molecule has 0 bridgehead atoms. The minimum atomic E-state index is -5.10. The Kier molecular flexibility index (Phi) is 7.23. The van der Waals surface area contributed by atoms with Gasteiger partial charge >= 0.3 is 24.6 Å². The van der Waals surface area contributed by atoms with Gasteiger partial charge in [0.25, 0.3) is 0 Å². The molecule has 2 fully saturated rings. The van der Waals surface area contributed by atoms with Crippen molar-refractivity contribution in [1.82, 2.24) is 4.90 Å². The van der Waals surface area contributed by atoms with Crippen LogP contribution in [0.4, 0.5) is 50.0 Å². The van der Waals surface area contributed by atoms with Crippen molar-refractivity contribution < 1.29 is 53.8 Å². The summed E-state index contributed by atoms with van der Waals surface area (Å²) in [5.41, 5.74) is -4.18. The second kappa shape index (κ2) is 9.86. The quantitative estimate of drug-likeness (QED) is 0.395. The lowest BCUT2D eigenvalue weighted by molar-refractivity contribution is -0.143. The van der Waals surface area contributed by atoms with Gasteiger partial charge in [-0.05, 0) is 54.4 Å². The SMILES string of the molecule is C[C@H]1[C@@H](c2cc(C(F)(F)F)cc(C(F)(F)F)c2)OC(=O)N1Cc1cc(C(F)(F)F)ccc1N1CCOCC1. The van der Waals surface area contributed by atoms with Gasteiger partial charge in [-0.1, -0.05) is 0 Å². The maximum atomic E-state index is 13.4. The molecular formula is C24H21F9N2O3. The first-order chi connectivity index (χ1) is 17.6. The van der Waals surface area contributed by atoms with Crippen LogP contribution < -0.4 is 4.90 Å². The van der Waals surface area contributed by atoms with Crippen LogP contribution in [-0.4, -0.2) is 43.3 Å². The predicted molar refractivity (Wildman–Crippen MR) is 115 cm³/mol. The number of hydrogen-bond acceptors (Lipinski definition) is 4. The molecule has 2 aliphatic heterocycles. The number of hydrogen-bond donors (Lipinski definition) is 0. The van der Waals surface area contributed by atoms with E-state index in [-0.39, 0.29) is 11.6 Å². The van der Waals surface area contributed by atoms with Crippen LogP contribution in [0.2, 0.25) is 0 Å². The van der Waals surface area contributed by atoms with Gasteiger partial charge in [-0.25, -0.2) is 4.79 Å². The number of rotatable bonds is 4. The van der Waals surface area contributed by atoms with Crippen LogP contribution in [0, 0.1) is 0 Å². The first-order valence-corrected chi connectivity index (χ1v) is 11.3. The summed E-state index contributed by atoms with van der Waals surface area (Å²) in [6.07, 6.45) is -17.5. The number of amides is 1. The molecule has 0 radical (unpaired) electrons. The summed E-state index contributed by atoms with van der Waals surface area (Å²) < 4.78 is 131. The lowest BCUT2D eigenvalue weighted by atomic mass is 9.97. The summed E-state index contributed by atoms with van der Waals surface area (Å²) in [6.45, 7) is 2.30. The van der Waals surface area contributed by atoms with Crippen LogP contribution in [0.3, 0.4) is 0 Å². The summed E-state index contributed by atoms with van der Waals surface area (Å²) in [5.74, 6) is 0. The average Bonchev–Trinajstić information content (AvgIpc) is 3.11. The van der Waals surface area contributed by atoms with E-state index in [1.54, 1.807) is 4.90 Å². The van der Waals surface area contributed by atoms with Crippen LogP contribution >= 0.6 is 0 Å². The summed E-state index contributed by atoms with van der Waals surface area (Å²) in [5, 5.41) is 0. The van der Waals surface area contributed by atoms with Crippen molar-refractivity contribution in [2.24, 2.45) is 0 Å². The van der Waals surface area contributed by atoms with Crippen molar-refractivity contribution in [3.63, 3.8) is 0 Å². The second-order valence-electron chi connectivity index (χ2n) is 8.95. The van der Waals surface area contributed by atoms with E-state index >= 15 is 0 Å². The smallest absolute Gasteiger partial charge is 0.416 e. The highest BCUT2D eigenvalue weighted by atomic mass is 19.4. The summed E-state index contributed by atoms with van der Waals surface area (Å²) >= 11 is 0. The maximum absolute atomic E-state index is 13.4. The number of morpholine rings is 1. The van der Waals surface area contributed by atoms with Crippen molar-refractivity contribution >= 4 is 11.8 Å². The molecule has 2 atom stereocenters. The molecule has 208 valence electrons. The standard InChI is InChI=1S/C24H21F9N2O3/c1-13-20(14-8-17(23(28,29)30)11-18(9-14)24(31,32)33)38-21(36)35(13)12-15-10-16(22(25,26)27)2-3-19(15)34-4-6-37-7-5-34/h2-3,8-11,13,20H,4-7,12H2,1H3/t13-,20-/m0/s1. The Bertz CT molecular complexity index is 1160. The van der Waals surface area contributed by atoms with Crippen LogP contribution in [0.15, 0.2) is 36.4 Å². The highest BCUT2D eigenvalue weighted by Gasteiger charge is 2.44. The highest BCUT2D eigenvalue weighted by molar-refractivity contribution is 5.72. The predicted octanol–water partition coefficient (Wildman–Crippen LogP) is 6.66. The second-order valence-corrected chi connectivity index (χ2v) is 8.95. The van der Waals surface area contributed by atoms with Gasteiger partial charge in [-0.2, -0.15) is 39.5 Å². The molecular weight excluding hydrogens is 535 g/mol. The molecule has 2 aromatic carbocycles. The van der Waals surface area contributed by atoms with Crippen molar-refractivity contribution in [2.45, 2.75) is 44.1 Å². The number of nitrogens with zero attached hydrogens (tertiary/aromatic N) is 2. The van der Waals surface area contributed by atoms with E-state index < -0.39 is 65.6 Å². The van der Waals surface area contributed by atoms with E-state index in [0.29, 0.717) is 44.1 Å². The molecule has 0 N–H and O–H groups in total. The summed E-state index contributed by atoms with van der Waals surface area (Å²) in [6, 6.07) is 2.82. The van der Waals surface area contributed by atoms with Crippen LogP contribution in [0.1, 0.15) is 40.8 Å². The number of halogens is 9. The topological polar surface area (TPSA) is 42.0 Å². The van der Waals surface area contributed by atoms with Gasteiger partial charge in [0.2, 0.25) is 0 Å². The van der Waals surface area contributed by atoms with E-state index in [2.05, 4.69) is 0 Å². The first kappa shape index (κ1) is 27.9. The molecule has 2 aliphatic rings. The van der Waals surface area contributed by atoms with Gasteiger partial charge in [0, 0.05) is 18.8 Å². The highest BCUT2D eigenvalue weighted by Crippen LogP contribution is 2.42. The van der Waals surface area contributed by atoms with E-state index in [9.17, 15) is 44.3 Å². The van der Waals surface area contributed by atoms with Gasteiger partial charge in [-0.3, -0.25) is 4.90 Å². The van der Waals surface area contributed by atoms with Crippen LogP contribution in [-0.2, 0) is 34.5 Å². The fourth-order valence-electron chi connectivity index (χ4n) is 4.49. The number of carbonyl (C=O) groups excluding carboxylic acids is 1. The van der Waals surface area contributed by atoms with E-state index in [0.717, 1.165) is 17.0 Å². The number of cyclic esters (lactones) is 1. The maximum Gasteiger partial charge on any atom is 0.416 e. The molecule has 0 spiro atoms.